The Bertz CT molecular complexity index is 4290. The molecule has 0 fully saturated rings. The standard InChI is InChI=1S/C62H39N3O2/c1-37-30-51(63-62(48-22-13-25-56-59(48)47-21-10-12-24-55(47)66-56)64-61(37)40-28-26-39(27-29-40)38-14-3-2-4-15-38)45-34-54(60-50-32-42-17-6-8-19-44(42)35-57(50)67-58(60)36-45)65-52-23-11-9-20-46(52)49-31-41-16-5-7-18-43(41)33-53(49)65/h2-29,31-36H,30H2,1H3. The molecule has 0 spiro atoms. The van der Waals surface area contributed by atoms with Crippen molar-refractivity contribution >= 4 is 104 Å². The van der Waals surface area contributed by atoms with E-state index in [9.17, 15) is 0 Å². The molecule has 0 bridgehead atoms. The normalized spacial score (nSPS) is 13.5. The second-order valence-electron chi connectivity index (χ2n) is 17.8. The molecule has 0 saturated carbocycles. The third kappa shape index (κ3) is 5.95. The molecule has 5 heteroatoms. The quantitative estimate of drug-likeness (QED) is 0.173. The van der Waals surface area contributed by atoms with Crippen LogP contribution in [0, 0.1) is 0 Å². The monoisotopic (exact) mass is 857 g/mol. The van der Waals surface area contributed by atoms with Crippen LogP contribution in [0.1, 0.15) is 30.0 Å². The molecule has 3 aromatic heterocycles. The van der Waals surface area contributed by atoms with E-state index in [1.165, 1.54) is 32.5 Å². The lowest BCUT2D eigenvalue weighted by Crippen LogP contribution is -2.07. The van der Waals surface area contributed by atoms with E-state index in [2.05, 4.69) is 193 Å². The van der Waals surface area contributed by atoms with E-state index in [1.807, 2.05) is 24.3 Å². The summed E-state index contributed by atoms with van der Waals surface area (Å²) in [5.41, 5.74) is 14.8. The lowest BCUT2D eigenvalue weighted by Gasteiger charge is -2.14. The number of allylic oxidation sites excluding steroid dienone is 1. The summed E-state index contributed by atoms with van der Waals surface area (Å²) in [5.74, 6) is 0.631. The summed E-state index contributed by atoms with van der Waals surface area (Å²) in [6.45, 7) is 2.19. The number of hydrogen-bond donors (Lipinski definition) is 0. The third-order valence-electron chi connectivity index (χ3n) is 13.7. The van der Waals surface area contributed by atoms with Crippen molar-refractivity contribution in [2.75, 3.05) is 0 Å². The van der Waals surface area contributed by atoms with Crippen LogP contribution in [-0.4, -0.2) is 16.1 Å². The average molecular weight is 858 g/mol. The Morgan fingerprint density at radius 3 is 1.84 bits per heavy atom. The van der Waals surface area contributed by atoms with E-state index in [4.69, 9.17) is 18.8 Å². The van der Waals surface area contributed by atoms with Crippen LogP contribution in [0.25, 0.3) is 110 Å². The summed E-state index contributed by atoms with van der Waals surface area (Å²) in [6, 6.07) is 73.3. The number of para-hydroxylation sites is 2. The smallest absolute Gasteiger partial charge is 0.160 e. The lowest BCUT2D eigenvalue weighted by atomic mass is 9.96. The van der Waals surface area contributed by atoms with Gasteiger partial charge in [-0.25, -0.2) is 9.98 Å². The molecule has 14 rings (SSSR count). The molecule has 10 aromatic carbocycles. The molecule has 0 aliphatic carbocycles. The number of aromatic nitrogens is 1. The Morgan fingerprint density at radius 2 is 1.03 bits per heavy atom. The van der Waals surface area contributed by atoms with E-state index in [-0.39, 0.29) is 0 Å². The molecule has 0 atom stereocenters. The molecular formula is C62H39N3O2. The summed E-state index contributed by atoms with van der Waals surface area (Å²) >= 11 is 0. The van der Waals surface area contributed by atoms with Crippen molar-refractivity contribution in [3.8, 4) is 16.8 Å². The van der Waals surface area contributed by atoms with Gasteiger partial charge in [-0.3, -0.25) is 0 Å². The van der Waals surface area contributed by atoms with Crippen molar-refractivity contribution < 1.29 is 8.83 Å². The zero-order valence-corrected chi connectivity index (χ0v) is 36.5. The lowest BCUT2D eigenvalue weighted by molar-refractivity contribution is 0.668. The molecule has 0 N–H and O–H groups in total. The Kier molecular flexibility index (Phi) is 8.19. The Labute approximate surface area is 384 Å². The van der Waals surface area contributed by atoms with E-state index >= 15 is 0 Å². The summed E-state index contributed by atoms with van der Waals surface area (Å²) in [6.07, 6.45) is 0.567. The van der Waals surface area contributed by atoms with Gasteiger partial charge in [0.05, 0.1) is 33.5 Å². The minimum Gasteiger partial charge on any atom is -0.456 e. The van der Waals surface area contributed by atoms with Crippen LogP contribution < -0.4 is 0 Å². The molecule has 0 amide bonds. The van der Waals surface area contributed by atoms with Crippen LogP contribution in [-0.2, 0) is 0 Å². The molecule has 4 heterocycles. The van der Waals surface area contributed by atoms with Crippen LogP contribution in [0.5, 0.6) is 0 Å². The van der Waals surface area contributed by atoms with Gasteiger partial charge < -0.3 is 13.4 Å². The fourth-order valence-electron chi connectivity index (χ4n) is 10.6. The summed E-state index contributed by atoms with van der Waals surface area (Å²) in [5, 5.41) is 11.3. The van der Waals surface area contributed by atoms with Gasteiger partial charge in [-0.1, -0.05) is 152 Å². The first-order valence-electron chi connectivity index (χ1n) is 22.8. The summed E-state index contributed by atoms with van der Waals surface area (Å²) < 4.78 is 15.9. The summed E-state index contributed by atoms with van der Waals surface area (Å²) in [7, 11) is 0. The van der Waals surface area contributed by atoms with Crippen LogP contribution in [0.3, 0.4) is 0 Å². The fourth-order valence-corrected chi connectivity index (χ4v) is 10.6. The molecule has 67 heavy (non-hydrogen) atoms. The first kappa shape index (κ1) is 37.6. The van der Waals surface area contributed by atoms with E-state index in [0.717, 1.165) is 105 Å². The topological polar surface area (TPSA) is 55.9 Å². The van der Waals surface area contributed by atoms with Crippen LogP contribution in [0.15, 0.2) is 231 Å². The van der Waals surface area contributed by atoms with Gasteiger partial charge in [0, 0.05) is 50.0 Å². The van der Waals surface area contributed by atoms with Crippen molar-refractivity contribution in [1.82, 2.24) is 4.57 Å². The van der Waals surface area contributed by atoms with Crippen LogP contribution >= 0.6 is 0 Å². The molecule has 0 saturated heterocycles. The van der Waals surface area contributed by atoms with Gasteiger partial charge in [-0.15, -0.1) is 0 Å². The molecule has 1 aliphatic rings. The van der Waals surface area contributed by atoms with E-state index in [1.54, 1.807) is 0 Å². The van der Waals surface area contributed by atoms with Crippen molar-refractivity contribution in [2.24, 2.45) is 9.98 Å². The first-order chi connectivity index (χ1) is 33.1. The van der Waals surface area contributed by atoms with Gasteiger partial charge in [-0.05, 0) is 99.8 Å². The van der Waals surface area contributed by atoms with Gasteiger partial charge in [0.2, 0.25) is 0 Å². The highest BCUT2D eigenvalue weighted by molar-refractivity contribution is 6.25. The van der Waals surface area contributed by atoms with E-state index < -0.39 is 0 Å². The van der Waals surface area contributed by atoms with E-state index in [0.29, 0.717) is 12.3 Å². The number of amidine groups is 1. The van der Waals surface area contributed by atoms with Gasteiger partial charge in [-0.2, -0.15) is 0 Å². The highest BCUT2D eigenvalue weighted by Crippen LogP contribution is 2.43. The molecule has 0 radical (unpaired) electrons. The zero-order chi connectivity index (χ0) is 44.2. The zero-order valence-electron chi connectivity index (χ0n) is 36.5. The Hall–Kier alpha value is -8.80. The average Bonchev–Trinajstić information content (AvgIpc) is 4.00. The minimum atomic E-state index is 0.567. The molecule has 0 unspecified atom stereocenters. The molecule has 1 aliphatic heterocycles. The highest BCUT2D eigenvalue weighted by Gasteiger charge is 2.25. The van der Waals surface area contributed by atoms with Gasteiger partial charge in [0.15, 0.2) is 5.84 Å². The maximum Gasteiger partial charge on any atom is 0.160 e. The second kappa shape index (κ2) is 14.6. The number of hydrogen-bond acceptors (Lipinski definition) is 4. The third-order valence-corrected chi connectivity index (χ3v) is 13.7. The molecule has 5 nitrogen and oxygen atoms in total. The SMILES string of the molecule is CC1=C(c2ccc(-c3ccccc3)cc2)N=C(c2cccc3oc4ccccc4c23)N=C(c2cc(-n3c4ccccc4c4cc5ccccc5cc43)c3c(c2)oc2cc4ccccc4cc23)C1. The first-order valence-corrected chi connectivity index (χ1v) is 22.8. The minimum absolute atomic E-state index is 0.567. The van der Waals surface area contributed by atoms with Gasteiger partial charge in [0.25, 0.3) is 0 Å². The predicted molar refractivity (Wildman–Crippen MR) is 279 cm³/mol. The molecule has 13 aromatic rings. The second-order valence-corrected chi connectivity index (χ2v) is 17.8. The number of nitrogens with zero attached hydrogens (tertiary/aromatic N) is 3. The van der Waals surface area contributed by atoms with Crippen molar-refractivity contribution in [1.29, 1.82) is 0 Å². The molecule has 314 valence electrons. The predicted octanol–water partition coefficient (Wildman–Crippen LogP) is 16.6. The number of fused-ring (bicyclic) bond motifs is 11. The maximum atomic E-state index is 7.01. The highest BCUT2D eigenvalue weighted by atomic mass is 16.3. The number of aliphatic imine (C=N–C) groups is 2. The van der Waals surface area contributed by atoms with Crippen molar-refractivity contribution in [3.05, 3.63) is 229 Å². The largest absolute Gasteiger partial charge is 0.456 e. The Morgan fingerprint density at radius 1 is 0.403 bits per heavy atom. The maximum absolute atomic E-state index is 7.01. The number of furan rings is 2. The van der Waals surface area contributed by atoms with Gasteiger partial charge >= 0.3 is 0 Å². The fraction of sp³-hybridized carbons (Fsp3) is 0.0323. The van der Waals surface area contributed by atoms with Crippen LogP contribution in [0.4, 0.5) is 0 Å². The van der Waals surface area contributed by atoms with Crippen molar-refractivity contribution in [3.63, 3.8) is 0 Å². The number of rotatable bonds is 5. The number of benzene rings is 10. The molecular weight excluding hydrogens is 819 g/mol. The van der Waals surface area contributed by atoms with Gasteiger partial charge in [0.1, 0.15) is 22.3 Å². The summed E-state index contributed by atoms with van der Waals surface area (Å²) in [4.78, 5) is 11.2. The van der Waals surface area contributed by atoms with Crippen LogP contribution in [0.2, 0.25) is 0 Å². The Balaban J connectivity index is 1.05. The van der Waals surface area contributed by atoms with Crippen molar-refractivity contribution in [2.45, 2.75) is 13.3 Å².